The van der Waals surface area contributed by atoms with Crippen LogP contribution in [0.15, 0.2) is 47.4 Å². The number of aliphatic carboxylic acids is 1. The van der Waals surface area contributed by atoms with Gasteiger partial charge >= 0.3 is 5.97 Å². The van der Waals surface area contributed by atoms with E-state index in [1.54, 1.807) is 18.2 Å². The van der Waals surface area contributed by atoms with Crippen molar-refractivity contribution in [2.24, 2.45) is 11.7 Å². The van der Waals surface area contributed by atoms with Gasteiger partial charge in [0, 0.05) is 0 Å². The number of amides is 1. The Bertz CT molecular complexity index is 1040. The number of fused-ring (bicyclic) bond motifs is 4. The molecule has 2 aliphatic heterocycles. The Morgan fingerprint density at radius 2 is 1.70 bits per heavy atom. The average Bonchev–Trinajstić information content (AvgIpc) is 2.67. The Labute approximate surface area is 156 Å². The van der Waals surface area contributed by atoms with E-state index in [1.165, 1.54) is 12.1 Å². The first-order valence-electron chi connectivity index (χ1n) is 8.83. The number of hydrogen-bond donors (Lipinski definition) is 2. The first kappa shape index (κ1) is 17.9. The predicted molar refractivity (Wildman–Crippen MR) is 98.3 cm³/mol. The number of benzene rings is 2. The van der Waals surface area contributed by atoms with Gasteiger partial charge in [-0.2, -0.15) is 4.31 Å². The molecular weight excluding hydrogens is 368 g/mol. The highest BCUT2D eigenvalue weighted by Crippen LogP contribution is 2.49. The van der Waals surface area contributed by atoms with E-state index in [0.29, 0.717) is 12.8 Å². The van der Waals surface area contributed by atoms with Crippen LogP contribution in [-0.2, 0) is 19.6 Å². The first-order chi connectivity index (χ1) is 12.8. The molecule has 2 heterocycles. The molecule has 2 saturated heterocycles. The molecule has 1 atom stereocenters. The lowest BCUT2D eigenvalue weighted by Gasteiger charge is -2.54. The molecule has 1 aliphatic carbocycles. The Balaban J connectivity index is 1.90. The fourth-order valence-electron chi connectivity index (χ4n) is 4.59. The second kappa shape index (κ2) is 6.03. The topological polar surface area (TPSA) is 118 Å². The molecule has 142 valence electrons. The maximum absolute atomic E-state index is 13.5. The number of hydrogen-bond acceptors (Lipinski definition) is 4. The fourth-order valence-corrected chi connectivity index (χ4v) is 6.63. The number of nitrogens with two attached hydrogens (primary N) is 1. The molecule has 0 aromatic heterocycles. The second-order valence-electron chi connectivity index (χ2n) is 7.33. The number of carboxylic acids is 1. The number of carbonyl (C=O) groups excluding carboxylic acids is 1. The average molecular weight is 388 g/mol. The Hall–Kier alpha value is -2.45. The summed E-state index contributed by atoms with van der Waals surface area (Å²) in [6.45, 7) is 0. The van der Waals surface area contributed by atoms with Crippen LogP contribution in [0, 0.1) is 5.92 Å². The third-order valence-electron chi connectivity index (χ3n) is 5.97. The van der Waals surface area contributed by atoms with Crippen LogP contribution in [0.3, 0.4) is 0 Å². The van der Waals surface area contributed by atoms with Crippen molar-refractivity contribution in [2.75, 3.05) is 0 Å². The van der Waals surface area contributed by atoms with Gasteiger partial charge in [0.05, 0.1) is 4.90 Å². The number of piperidine rings is 2. The van der Waals surface area contributed by atoms with E-state index in [-0.39, 0.29) is 23.7 Å². The second-order valence-corrected chi connectivity index (χ2v) is 9.14. The summed E-state index contributed by atoms with van der Waals surface area (Å²) >= 11 is 0. The van der Waals surface area contributed by atoms with E-state index in [2.05, 4.69) is 0 Å². The van der Waals surface area contributed by atoms with Crippen molar-refractivity contribution in [3.63, 3.8) is 0 Å². The van der Waals surface area contributed by atoms with Crippen molar-refractivity contribution in [3.05, 3.63) is 42.5 Å². The number of nitrogens with zero attached hydrogens (tertiary/aromatic N) is 1. The van der Waals surface area contributed by atoms with Gasteiger partial charge in [0.25, 0.3) is 0 Å². The summed E-state index contributed by atoms with van der Waals surface area (Å²) < 4.78 is 27.9. The highest BCUT2D eigenvalue weighted by molar-refractivity contribution is 7.89. The zero-order valence-corrected chi connectivity index (χ0v) is 15.4. The smallest absolute Gasteiger partial charge is 0.322 e. The number of carbonyl (C=O) groups is 2. The molecule has 1 unspecified atom stereocenters. The Morgan fingerprint density at radius 1 is 1.07 bits per heavy atom. The van der Waals surface area contributed by atoms with Gasteiger partial charge in [-0.1, -0.05) is 30.3 Å². The molecule has 2 bridgehead atoms. The van der Waals surface area contributed by atoms with Gasteiger partial charge in [-0.3, -0.25) is 9.59 Å². The van der Waals surface area contributed by atoms with Gasteiger partial charge in [0.2, 0.25) is 15.9 Å². The van der Waals surface area contributed by atoms with Gasteiger partial charge in [-0.25, -0.2) is 8.42 Å². The van der Waals surface area contributed by atoms with Gasteiger partial charge in [-0.15, -0.1) is 0 Å². The molecule has 27 heavy (non-hydrogen) atoms. The largest absolute Gasteiger partial charge is 0.480 e. The number of sulfonamides is 1. The standard InChI is InChI=1S/C19H20N2O5S/c20-18(24)19-9-7-13(8-10-19)16(17(22)23)21(19)27(25,26)15-6-5-12-3-1-2-4-14(12)11-15/h1-6,11,13,16H,7-10H2,(H2,20,24)(H,22,23). The first-order valence-corrected chi connectivity index (χ1v) is 10.3. The van der Waals surface area contributed by atoms with E-state index in [0.717, 1.165) is 15.1 Å². The van der Waals surface area contributed by atoms with Crippen molar-refractivity contribution in [3.8, 4) is 0 Å². The van der Waals surface area contributed by atoms with Gasteiger partial charge in [0.1, 0.15) is 11.6 Å². The van der Waals surface area contributed by atoms with Crippen LogP contribution in [0.2, 0.25) is 0 Å². The molecule has 1 amide bonds. The molecule has 5 rings (SSSR count). The van der Waals surface area contributed by atoms with Gasteiger partial charge in [0.15, 0.2) is 0 Å². The van der Waals surface area contributed by atoms with Crippen LogP contribution in [0.25, 0.3) is 10.8 Å². The third-order valence-corrected chi connectivity index (χ3v) is 7.91. The highest BCUT2D eigenvalue weighted by atomic mass is 32.2. The lowest BCUT2D eigenvalue weighted by atomic mass is 9.68. The minimum Gasteiger partial charge on any atom is -0.480 e. The zero-order chi connectivity index (χ0) is 19.4. The fraction of sp³-hybridized carbons (Fsp3) is 0.368. The normalized spacial score (nSPS) is 28.3. The molecule has 3 N–H and O–H groups in total. The summed E-state index contributed by atoms with van der Waals surface area (Å²) in [7, 11) is -4.23. The van der Waals surface area contributed by atoms with E-state index in [1.807, 2.05) is 12.1 Å². The molecule has 2 aromatic rings. The predicted octanol–water partition coefficient (Wildman–Crippen LogP) is 1.71. The third kappa shape index (κ3) is 2.55. The summed E-state index contributed by atoms with van der Waals surface area (Å²) in [4.78, 5) is 24.2. The quantitative estimate of drug-likeness (QED) is 0.827. The molecule has 0 spiro atoms. The molecule has 8 heteroatoms. The number of rotatable bonds is 4. The van der Waals surface area contributed by atoms with E-state index < -0.39 is 33.5 Å². The van der Waals surface area contributed by atoms with Crippen LogP contribution in [0.4, 0.5) is 0 Å². The number of carboxylic acid groups (broad SMARTS) is 1. The summed E-state index contributed by atoms with van der Waals surface area (Å²) in [5.74, 6) is -2.34. The highest BCUT2D eigenvalue weighted by Gasteiger charge is 2.61. The van der Waals surface area contributed by atoms with Crippen molar-refractivity contribution in [1.82, 2.24) is 4.31 Å². The number of primary amides is 1. The SMILES string of the molecule is NC(=O)C12CCC(CC1)C(C(=O)O)N2S(=O)(=O)c1ccc2ccccc2c1. The Kier molecular flexibility index (Phi) is 4.01. The van der Waals surface area contributed by atoms with Crippen molar-refractivity contribution >= 4 is 32.7 Å². The maximum atomic E-state index is 13.5. The summed E-state index contributed by atoms with van der Waals surface area (Å²) in [6, 6.07) is 10.7. The van der Waals surface area contributed by atoms with Crippen LogP contribution >= 0.6 is 0 Å². The van der Waals surface area contributed by atoms with Crippen LogP contribution < -0.4 is 5.73 Å². The van der Waals surface area contributed by atoms with Gasteiger partial charge < -0.3 is 10.8 Å². The van der Waals surface area contributed by atoms with Crippen LogP contribution in [0.1, 0.15) is 25.7 Å². The Morgan fingerprint density at radius 3 is 2.30 bits per heavy atom. The molecule has 1 saturated carbocycles. The lowest BCUT2D eigenvalue weighted by Crippen LogP contribution is -2.71. The summed E-state index contributed by atoms with van der Waals surface area (Å²) in [6.07, 6.45) is 1.46. The maximum Gasteiger partial charge on any atom is 0.322 e. The van der Waals surface area contributed by atoms with E-state index in [4.69, 9.17) is 5.73 Å². The summed E-state index contributed by atoms with van der Waals surface area (Å²) in [5.41, 5.74) is 4.13. The molecule has 2 aromatic carbocycles. The van der Waals surface area contributed by atoms with Crippen LogP contribution in [-0.4, -0.2) is 41.3 Å². The van der Waals surface area contributed by atoms with Crippen molar-refractivity contribution in [1.29, 1.82) is 0 Å². The van der Waals surface area contributed by atoms with E-state index in [9.17, 15) is 23.1 Å². The zero-order valence-electron chi connectivity index (χ0n) is 14.5. The molecular formula is C19H20N2O5S. The minimum atomic E-state index is -4.23. The minimum absolute atomic E-state index is 0.0272. The summed E-state index contributed by atoms with van der Waals surface area (Å²) in [5, 5.41) is 11.3. The van der Waals surface area contributed by atoms with Crippen molar-refractivity contribution in [2.45, 2.75) is 42.2 Å². The molecule has 7 nitrogen and oxygen atoms in total. The van der Waals surface area contributed by atoms with Crippen molar-refractivity contribution < 1.29 is 23.1 Å². The monoisotopic (exact) mass is 388 g/mol. The molecule has 0 radical (unpaired) electrons. The molecule has 3 fully saturated rings. The van der Waals surface area contributed by atoms with Gasteiger partial charge in [-0.05, 0) is 54.5 Å². The molecule has 3 aliphatic rings. The van der Waals surface area contributed by atoms with Crippen LogP contribution in [0.5, 0.6) is 0 Å². The van der Waals surface area contributed by atoms with E-state index >= 15 is 0 Å². The lowest BCUT2D eigenvalue weighted by molar-refractivity contribution is -0.156.